The predicted octanol–water partition coefficient (Wildman–Crippen LogP) is 4.01. The molecule has 4 aromatic rings. The lowest BCUT2D eigenvalue weighted by atomic mass is 10.0. The van der Waals surface area contributed by atoms with Crippen LogP contribution >= 0.6 is 0 Å². The first-order valence-corrected chi connectivity index (χ1v) is 10.9. The van der Waals surface area contributed by atoms with Crippen LogP contribution in [0.4, 0.5) is 8.78 Å². The van der Waals surface area contributed by atoms with E-state index in [1.807, 2.05) is 31.3 Å². The number of rotatable bonds is 5. The highest BCUT2D eigenvalue weighted by Gasteiger charge is 2.29. The van der Waals surface area contributed by atoms with Crippen molar-refractivity contribution < 1.29 is 18.3 Å². The number of pyridine rings is 1. The number of nitrogens with zero attached hydrogens (tertiary/aromatic N) is 3. The molecular formula is C25H23F2N5O2. The van der Waals surface area contributed by atoms with Crippen molar-refractivity contribution >= 4 is 16.9 Å². The SMILES string of the molecule is CNC1CCN(C(=O)c2cc(-c3cnc4n[nH]c(-c5ccccc5OC)c4c3)cc(F)c2F)C1. The number of nitrogens with one attached hydrogen (secondary N) is 2. The highest BCUT2D eigenvalue weighted by molar-refractivity contribution is 5.97. The average Bonchev–Trinajstić information content (AvgIpc) is 3.52. The van der Waals surface area contributed by atoms with Gasteiger partial charge in [-0.3, -0.25) is 9.89 Å². The Morgan fingerprint density at radius 2 is 2.03 bits per heavy atom. The van der Waals surface area contributed by atoms with Crippen LogP contribution in [0, 0.1) is 11.6 Å². The van der Waals surface area contributed by atoms with E-state index in [-0.39, 0.29) is 11.6 Å². The Bertz CT molecular complexity index is 1390. The molecule has 34 heavy (non-hydrogen) atoms. The van der Waals surface area contributed by atoms with Gasteiger partial charge in [-0.25, -0.2) is 13.8 Å². The minimum Gasteiger partial charge on any atom is -0.496 e. The Labute approximate surface area is 194 Å². The van der Waals surface area contributed by atoms with Crippen molar-refractivity contribution in [3.8, 4) is 28.1 Å². The van der Waals surface area contributed by atoms with Crippen LogP contribution in [0.15, 0.2) is 48.7 Å². The largest absolute Gasteiger partial charge is 0.496 e. The van der Waals surface area contributed by atoms with Crippen molar-refractivity contribution in [3.05, 3.63) is 65.9 Å². The molecule has 3 heterocycles. The van der Waals surface area contributed by atoms with Crippen LogP contribution in [-0.4, -0.2) is 59.3 Å². The van der Waals surface area contributed by atoms with Crippen LogP contribution in [0.1, 0.15) is 16.8 Å². The molecule has 0 bridgehead atoms. The molecule has 1 atom stereocenters. The zero-order valence-corrected chi connectivity index (χ0v) is 18.7. The van der Waals surface area contributed by atoms with Crippen molar-refractivity contribution in [1.29, 1.82) is 0 Å². The quantitative estimate of drug-likeness (QED) is 0.467. The summed E-state index contributed by atoms with van der Waals surface area (Å²) in [7, 11) is 3.40. The summed E-state index contributed by atoms with van der Waals surface area (Å²) in [6.45, 7) is 0.936. The van der Waals surface area contributed by atoms with E-state index in [0.29, 0.717) is 46.7 Å². The highest BCUT2D eigenvalue weighted by Crippen LogP contribution is 2.35. The maximum atomic E-state index is 14.7. The normalized spacial score (nSPS) is 15.8. The van der Waals surface area contributed by atoms with Crippen LogP contribution < -0.4 is 10.1 Å². The second-order valence-electron chi connectivity index (χ2n) is 8.24. The zero-order valence-electron chi connectivity index (χ0n) is 18.7. The molecule has 7 nitrogen and oxygen atoms in total. The van der Waals surface area contributed by atoms with Crippen LogP contribution in [0.3, 0.4) is 0 Å². The first-order valence-electron chi connectivity index (χ1n) is 10.9. The third-order valence-electron chi connectivity index (χ3n) is 6.26. The molecule has 0 aliphatic carbocycles. The van der Waals surface area contributed by atoms with Gasteiger partial charge in [-0.1, -0.05) is 12.1 Å². The number of aromatic nitrogens is 3. The van der Waals surface area contributed by atoms with Crippen LogP contribution in [-0.2, 0) is 0 Å². The maximum Gasteiger partial charge on any atom is 0.257 e. The monoisotopic (exact) mass is 463 g/mol. The number of para-hydroxylation sites is 1. The summed E-state index contributed by atoms with van der Waals surface area (Å²) in [6.07, 6.45) is 2.29. The standard InChI is InChI=1S/C25H23F2N5O2/c1-28-16-7-8-32(13-16)25(33)18-9-14(11-20(26)22(18)27)15-10-19-23(30-31-24(19)29-12-15)17-5-3-4-6-21(17)34-2/h3-6,9-12,16,28H,7-8,13H2,1-2H3,(H,29,30,31). The third kappa shape index (κ3) is 3.77. The first kappa shape index (κ1) is 22.0. The summed E-state index contributed by atoms with van der Waals surface area (Å²) in [5.41, 5.74) is 2.56. The van der Waals surface area contributed by atoms with E-state index < -0.39 is 17.5 Å². The van der Waals surface area contributed by atoms with Gasteiger partial charge in [0.1, 0.15) is 5.75 Å². The second-order valence-corrected chi connectivity index (χ2v) is 8.24. The molecule has 1 aliphatic rings. The van der Waals surface area contributed by atoms with Gasteiger partial charge < -0.3 is 15.0 Å². The second kappa shape index (κ2) is 8.83. The fraction of sp³-hybridized carbons (Fsp3) is 0.240. The number of carbonyl (C=O) groups excluding carboxylic acids is 1. The molecule has 1 aliphatic heterocycles. The summed E-state index contributed by atoms with van der Waals surface area (Å²) in [6, 6.07) is 11.9. The highest BCUT2D eigenvalue weighted by atomic mass is 19.2. The van der Waals surface area contributed by atoms with E-state index in [4.69, 9.17) is 4.74 Å². The molecule has 0 radical (unpaired) electrons. The Balaban J connectivity index is 1.57. The molecule has 174 valence electrons. The average molecular weight is 463 g/mol. The van der Waals surface area contributed by atoms with E-state index in [0.717, 1.165) is 18.1 Å². The predicted molar refractivity (Wildman–Crippen MR) is 125 cm³/mol. The number of halogens is 2. The van der Waals surface area contributed by atoms with E-state index in [1.165, 1.54) is 12.3 Å². The number of fused-ring (bicyclic) bond motifs is 1. The van der Waals surface area contributed by atoms with Gasteiger partial charge in [0, 0.05) is 41.8 Å². The molecule has 1 fully saturated rings. The number of likely N-dealkylation sites (N-methyl/N-ethyl adjacent to an activating group) is 1. The Kier molecular flexibility index (Phi) is 5.70. The van der Waals surface area contributed by atoms with Gasteiger partial charge in [0.2, 0.25) is 0 Å². The van der Waals surface area contributed by atoms with Crippen molar-refractivity contribution in [2.75, 3.05) is 27.2 Å². The number of amides is 1. The zero-order chi connectivity index (χ0) is 23.8. The Morgan fingerprint density at radius 3 is 2.79 bits per heavy atom. The summed E-state index contributed by atoms with van der Waals surface area (Å²) in [5, 5.41) is 11.1. The van der Waals surface area contributed by atoms with Gasteiger partial charge in [-0.2, -0.15) is 5.10 Å². The Morgan fingerprint density at radius 1 is 1.21 bits per heavy atom. The number of ether oxygens (including phenoxy) is 1. The molecule has 0 saturated carbocycles. The van der Waals surface area contributed by atoms with Crippen LogP contribution in [0.25, 0.3) is 33.4 Å². The number of carbonyl (C=O) groups is 1. The van der Waals surface area contributed by atoms with Crippen LogP contribution in [0.5, 0.6) is 5.75 Å². The van der Waals surface area contributed by atoms with Gasteiger partial charge >= 0.3 is 0 Å². The molecule has 5 rings (SSSR count). The molecule has 2 aromatic heterocycles. The number of hydrogen-bond donors (Lipinski definition) is 2. The van der Waals surface area contributed by atoms with Crippen molar-refractivity contribution in [3.63, 3.8) is 0 Å². The molecular weight excluding hydrogens is 440 g/mol. The molecule has 9 heteroatoms. The smallest absolute Gasteiger partial charge is 0.257 e. The fourth-order valence-electron chi connectivity index (χ4n) is 4.38. The first-order chi connectivity index (χ1) is 16.5. The van der Waals surface area contributed by atoms with Crippen LogP contribution in [0.2, 0.25) is 0 Å². The van der Waals surface area contributed by atoms with Gasteiger partial charge in [-0.15, -0.1) is 0 Å². The van der Waals surface area contributed by atoms with E-state index in [9.17, 15) is 13.6 Å². The Hall–Kier alpha value is -3.85. The fourth-order valence-corrected chi connectivity index (χ4v) is 4.38. The number of methoxy groups -OCH3 is 1. The lowest BCUT2D eigenvalue weighted by Crippen LogP contribution is -2.34. The van der Waals surface area contributed by atoms with E-state index in [1.54, 1.807) is 18.1 Å². The number of benzene rings is 2. The summed E-state index contributed by atoms with van der Waals surface area (Å²) in [4.78, 5) is 18.9. The van der Waals surface area contributed by atoms with E-state index in [2.05, 4.69) is 20.5 Å². The summed E-state index contributed by atoms with van der Waals surface area (Å²) in [5.74, 6) is -2.09. The van der Waals surface area contributed by atoms with Crippen molar-refractivity contribution in [2.45, 2.75) is 12.5 Å². The minimum absolute atomic E-state index is 0.140. The number of hydrogen-bond acceptors (Lipinski definition) is 5. The van der Waals surface area contributed by atoms with Crippen molar-refractivity contribution in [1.82, 2.24) is 25.4 Å². The molecule has 2 aromatic carbocycles. The molecule has 1 amide bonds. The van der Waals surface area contributed by atoms with Gasteiger partial charge in [0.25, 0.3) is 5.91 Å². The number of aromatic amines is 1. The van der Waals surface area contributed by atoms with Crippen molar-refractivity contribution in [2.24, 2.45) is 0 Å². The topological polar surface area (TPSA) is 83.1 Å². The summed E-state index contributed by atoms with van der Waals surface area (Å²) >= 11 is 0. The molecule has 1 saturated heterocycles. The molecule has 0 spiro atoms. The molecule has 1 unspecified atom stereocenters. The number of H-pyrrole nitrogens is 1. The van der Waals surface area contributed by atoms with Gasteiger partial charge in [-0.05, 0) is 49.4 Å². The van der Waals surface area contributed by atoms with Gasteiger partial charge in [0.15, 0.2) is 17.3 Å². The van der Waals surface area contributed by atoms with Gasteiger partial charge in [0.05, 0.1) is 18.4 Å². The maximum absolute atomic E-state index is 14.7. The minimum atomic E-state index is -1.14. The summed E-state index contributed by atoms with van der Waals surface area (Å²) < 4.78 is 34.7. The van der Waals surface area contributed by atoms with E-state index >= 15 is 0 Å². The third-order valence-corrected chi connectivity index (χ3v) is 6.26. The number of likely N-dealkylation sites (tertiary alicyclic amines) is 1. The lowest BCUT2D eigenvalue weighted by molar-refractivity contribution is 0.0784. The lowest BCUT2D eigenvalue weighted by Gasteiger charge is -2.18. The molecule has 2 N–H and O–H groups in total.